The van der Waals surface area contributed by atoms with Crippen LogP contribution in [0.2, 0.25) is 0 Å². The Morgan fingerprint density at radius 2 is 1.68 bits per heavy atom. The van der Waals surface area contributed by atoms with Crippen molar-refractivity contribution in [1.82, 2.24) is 10.7 Å². The van der Waals surface area contributed by atoms with Crippen molar-refractivity contribution in [1.29, 1.82) is 0 Å². The number of methoxy groups -OCH3 is 1. The second-order valence-corrected chi connectivity index (χ2v) is 7.10. The Labute approximate surface area is 195 Å². The van der Waals surface area contributed by atoms with E-state index in [1.54, 1.807) is 74.7 Å². The van der Waals surface area contributed by atoms with Gasteiger partial charge in [0, 0.05) is 17.7 Å². The summed E-state index contributed by atoms with van der Waals surface area (Å²) in [4.78, 5) is 36.1. The minimum absolute atomic E-state index is 0.124. The maximum atomic E-state index is 12.9. The fourth-order valence-corrected chi connectivity index (χ4v) is 2.93. The van der Waals surface area contributed by atoms with Crippen LogP contribution in [0.5, 0.6) is 5.75 Å². The fourth-order valence-electron chi connectivity index (χ4n) is 2.93. The van der Waals surface area contributed by atoms with E-state index in [1.165, 1.54) is 24.3 Å². The lowest BCUT2D eigenvalue weighted by atomic mass is 10.1. The molecule has 9 nitrogen and oxygen atoms in total. The van der Waals surface area contributed by atoms with Gasteiger partial charge in [0.05, 0.1) is 17.7 Å². The van der Waals surface area contributed by atoms with Crippen molar-refractivity contribution in [2.45, 2.75) is 6.92 Å². The Kier molecular flexibility index (Phi) is 7.85. The number of carbonyl (C=O) groups is 2. The van der Waals surface area contributed by atoms with Gasteiger partial charge >= 0.3 is 0 Å². The third-order valence-electron chi connectivity index (χ3n) is 4.75. The minimum atomic E-state index is -0.691. The van der Waals surface area contributed by atoms with E-state index in [1.807, 2.05) is 0 Å². The first-order valence-corrected chi connectivity index (χ1v) is 10.2. The number of nitrogens with zero attached hydrogens (tertiary/aromatic N) is 2. The zero-order valence-corrected chi connectivity index (χ0v) is 18.5. The van der Waals surface area contributed by atoms with Crippen LogP contribution in [-0.4, -0.2) is 29.6 Å². The van der Waals surface area contributed by atoms with Gasteiger partial charge in [0.15, 0.2) is 0 Å². The average molecular weight is 458 g/mol. The summed E-state index contributed by atoms with van der Waals surface area (Å²) < 4.78 is 5.13. The van der Waals surface area contributed by atoms with E-state index in [2.05, 4.69) is 15.8 Å². The van der Waals surface area contributed by atoms with E-state index < -0.39 is 16.7 Å². The van der Waals surface area contributed by atoms with Crippen molar-refractivity contribution < 1.29 is 19.2 Å². The summed E-state index contributed by atoms with van der Waals surface area (Å²) in [7, 11) is 1.56. The van der Waals surface area contributed by atoms with E-state index in [4.69, 9.17) is 4.74 Å². The van der Waals surface area contributed by atoms with Crippen LogP contribution >= 0.6 is 0 Å². The van der Waals surface area contributed by atoms with E-state index >= 15 is 0 Å². The molecule has 3 aromatic carbocycles. The molecule has 0 saturated carbocycles. The lowest BCUT2D eigenvalue weighted by Gasteiger charge is -2.10. The summed E-state index contributed by atoms with van der Waals surface area (Å²) in [6, 6.07) is 21.2. The van der Waals surface area contributed by atoms with Gasteiger partial charge in [-0.3, -0.25) is 19.7 Å². The zero-order chi connectivity index (χ0) is 24.5. The number of nitro groups is 1. The van der Waals surface area contributed by atoms with Crippen molar-refractivity contribution >= 4 is 29.3 Å². The predicted molar refractivity (Wildman–Crippen MR) is 128 cm³/mol. The summed E-state index contributed by atoms with van der Waals surface area (Å²) >= 11 is 0. The molecular weight excluding hydrogens is 436 g/mol. The predicted octanol–water partition coefficient (Wildman–Crippen LogP) is 3.91. The molecule has 0 aliphatic carbocycles. The quantitative estimate of drug-likeness (QED) is 0.229. The van der Waals surface area contributed by atoms with Crippen molar-refractivity contribution in [3.05, 3.63) is 111 Å². The number of carbonyl (C=O) groups excluding carboxylic acids is 2. The van der Waals surface area contributed by atoms with Crippen LogP contribution in [0, 0.1) is 10.1 Å². The Bertz CT molecular complexity index is 1250. The second kappa shape index (κ2) is 11.2. The van der Waals surface area contributed by atoms with Gasteiger partial charge in [-0.1, -0.05) is 30.3 Å². The van der Waals surface area contributed by atoms with Gasteiger partial charge in [0.2, 0.25) is 0 Å². The SMILES string of the molecule is COc1ccc(/C(C)=N\NC(=O)/C(=C/c2cccc([N+](=O)[O-])c2)NC(=O)c2ccccc2)cc1. The van der Waals surface area contributed by atoms with Gasteiger partial charge in [-0.25, -0.2) is 5.43 Å². The standard InChI is InChI=1S/C25H22N4O5/c1-17(19-11-13-22(34-2)14-12-19)27-28-25(31)23(26-24(30)20-8-4-3-5-9-20)16-18-7-6-10-21(15-18)29(32)33/h3-16H,1-2H3,(H,26,30)(H,28,31)/b23-16-,27-17-. The highest BCUT2D eigenvalue weighted by molar-refractivity contribution is 6.06. The van der Waals surface area contributed by atoms with Crippen LogP contribution in [0.3, 0.4) is 0 Å². The van der Waals surface area contributed by atoms with Crippen molar-refractivity contribution in [3.63, 3.8) is 0 Å². The molecular formula is C25H22N4O5. The molecule has 0 heterocycles. The van der Waals surface area contributed by atoms with Gasteiger partial charge in [-0.2, -0.15) is 5.10 Å². The second-order valence-electron chi connectivity index (χ2n) is 7.10. The van der Waals surface area contributed by atoms with Crippen LogP contribution in [0.1, 0.15) is 28.4 Å². The molecule has 0 aliphatic rings. The maximum Gasteiger partial charge on any atom is 0.287 e. The number of hydrazone groups is 1. The molecule has 0 fully saturated rings. The minimum Gasteiger partial charge on any atom is -0.497 e. The lowest BCUT2D eigenvalue weighted by molar-refractivity contribution is -0.384. The molecule has 172 valence electrons. The molecule has 0 atom stereocenters. The first kappa shape index (κ1) is 23.9. The van der Waals surface area contributed by atoms with Crippen LogP contribution < -0.4 is 15.5 Å². The molecule has 2 N–H and O–H groups in total. The molecule has 0 unspecified atom stereocenters. The molecule has 9 heteroatoms. The monoisotopic (exact) mass is 458 g/mol. The van der Waals surface area contributed by atoms with Gasteiger partial charge in [-0.15, -0.1) is 0 Å². The van der Waals surface area contributed by atoms with Gasteiger partial charge < -0.3 is 10.1 Å². The summed E-state index contributed by atoms with van der Waals surface area (Å²) in [5.41, 5.74) is 4.16. The number of non-ortho nitro benzene ring substituents is 1. The highest BCUT2D eigenvalue weighted by atomic mass is 16.6. The third-order valence-corrected chi connectivity index (χ3v) is 4.75. The Hall–Kier alpha value is -4.79. The number of rotatable bonds is 8. The Balaban J connectivity index is 1.87. The number of ether oxygens (including phenoxy) is 1. The zero-order valence-electron chi connectivity index (χ0n) is 18.5. The normalized spacial score (nSPS) is 11.5. The molecule has 0 saturated heterocycles. The Morgan fingerprint density at radius 1 is 0.971 bits per heavy atom. The number of amides is 2. The fraction of sp³-hybridized carbons (Fsp3) is 0.0800. The van der Waals surface area contributed by atoms with E-state index in [9.17, 15) is 19.7 Å². The number of nitrogens with one attached hydrogen (secondary N) is 2. The number of benzene rings is 3. The Morgan fingerprint density at radius 3 is 2.32 bits per heavy atom. The molecule has 0 bridgehead atoms. The summed E-state index contributed by atoms with van der Waals surface area (Å²) in [5, 5.41) is 17.8. The summed E-state index contributed by atoms with van der Waals surface area (Å²) in [6.07, 6.45) is 1.35. The highest BCUT2D eigenvalue weighted by Gasteiger charge is 2.15. The summed E-state index contributed by atoms with van der Waals surface area (Å²) in [6.45, 7) is 1.72. The molecule has 34 heavy (non-hydrogen) atoms. The molecule has 0 aromatic heterocycles. The van der Waals surface area contributed by atoms with Crippen molar-refractivity contribution in [3.8, 4) is 5.75 Å². The molecule has 3 aromatic rings. The summed E-state index contributed by atoms with van der Waals surface area (Å²) in [5.74, 6) is -0.515. The van der Waals surface area contributed by atoms with E-state index in [-0.39, 0.29) is 11.4 Å². The number of hydrogen-bond acceptors (Lipinski definition) is 6. The van der Waals surface area contributed by atoms with E-state index in [0.717, 1.165) is 5.56 Å². The van der Waals surface area contributed by atoms with Crippen LogP contribution in [0.25, 0.3) is 6.08 Å². The molecule has 2 amide bonds. The first-order chi connectivity index (χ1) is 16.4. The van der Waals surface area contributed by atoms with Gasteiger partial charge in [-0.05, 0) is 60.5 Å². The topological polar surface area (TPSA) is 123 Å². The van der Waals surface area contributed by atoms with Crippen LogP contribution in [0.4, 0.5) is 5.69 Å². The highest BCUT2D eigenvalue weighted by Crippen LogP contribution is 2.16. The van der Waals surface area contributed by atoms with Crippen LogP contribution in [0.15, 0.2) is 89.7 Å². The smallest absolute Gasteiger partial charge is 0.287 e. The van der Waals surface area contributed by atoms with Crippen molar-refractivity contribution in [2.24, 2.45) is 5.10 Å². The third kappa shape index (κ3) is 6.36. The van der Waals surface area contributed by atoms with E-state index in [0.29, 0.717) is 22.6 Å². The first-order valence-electron chi connectivity index (χ1n) is 10.2. The molecule has 0 aliphatic heterocycles. The van der Waals surface area contributed by atoms with Crippen molar-refractivity contribution in [2.75, 3.05) is 7.11 Å². The largest absolute Gasteiger partial charge is 0.497 e. The molecule has 0 spiro atoms. The maximum absolute atomic E-state index is 12.9. The van der Waals surface area contributed by atoms with Crippen LogP contribution in [-0.2, 0) is 4.79 Å². The number of hydrogen-bond donors (Lipinski definition) is 2. The molecule has 0 radical (unpaired) electrons. The van der Waals surface area contributed by atoms with Gasteiger partial charge in [0.25, 0.3) is 17.5 Å². The van der Waals surface area contributed by atoms with Gasteiger partial charge in [0.1, 0.15) is 11.4 Å². The number of nitro benzene ring substituents is 1. The lowest BCUT2D eigenvalue weighted by Crippen LogP contribution is -2.33. The average Bonchev–Trinajstić information content (AvgIpc) is 2.87. The molecule has 3 rings (SSSR count).